The number of likely N-dealkylation sites (N-methyl/N-ethyl adjacent to an activating group) is 1. The predicted molar refractivity (Wildman–Crippen MR) is 51.8 cm³/mol. The Morgan fingerprint density at radius 3 is 2.00 bits per heavy atom. The van der Waals surface area contributed by atoms with E-state index in [9.17, 15) is 8.78 Å². The lowest BCUT2D eigenvalue weighted by Gasteiger charge is -1.91. The molecule has 0 fully saturated rings. The third-order valence-corrected chi connectivity index (χ3v) is 1.25. The van der Waals surface area contributed by atoms with Gasteiger partial charge in [0.2, 0.25) is 0 Å². The van der Waals surface area contributed by atoms with Crippen LogP contribution in [0.1, 0.15) is 0 Å². The molecule has 0 unspecified atom stereocenters. The van der Waals surface area contributed by atoms with E-state index in [-0.39, 0.29) is 12.3 Å². The minimum atomic E-state index is -0.646. The molecular weight excluding hydrogens is 190 g/mol. The van der Waals surface area contributed by atoms with Gasteiger partial charge in [0.25, 0.3) is 0 Å². The zero-order valence-electron chi connectivity index (χ0n) is 7.93. The number of halogens is 2. The highest BCUT2D eigenvalue weighted by molar-refractivity contribution is 5.37. The van der Waals surface area contributed by atoms with Crippen molar-refractivity contribution in [2.75, 3.05) is 25.9 Å². The number of rotatable bonds is 2. The Morgan fingerprint density at radius 2 is 1.79 bits per heavy atom. The van der Waals surface area contributed by atoms with Crippen LogP contribution in [0.5, 0.6) is 0 Å². The van der Waals surface area contributed by atoms with Crippen LogP contribution in [-0.4, -0.2) is 25.3 Å². The molecular formula is C9H14F2N2O. The summed E-state index contributed by atoms with van der Waals surface area (Å²) >= 11 is 0. The number of aliphatic hydroxyl groups excluding tert-OH is 1. The van der Waals surface area contributed by atoms with Crippen LogP contribution in [-0.2, 0) is 0 Å². The molecule has 3 nitrogen and oxygen atoms in total. The fraction of sp³-hybridized carbons (Fsp3) is 0.333. The molecule has 4 N–H and O–H groups in total. The Hall–Kier alpha value is -1.20. The van der Waals surface area contributed by atoms with E-state index in [2.05, 4.69) is 5.32 Å². The second-order valence-electron chi connectivity index (χ2n) is 2.53. The molecule has 0 heterocycles. The van der Waals surface area contributed by atoms with Gasteiger partial charge in [-0.05, 0) is 19.2 Å². The minimum absolute atomic E-state index is 0.104. The SMILES string of the molecule is CNCCO.Nc1cc(F)cc(F)c1. The van der Waals surface area contributed by atoms with Crippen LogP contribution in [0.15, 0.2) is 18.2 Å². The average Bonchev–Trinajstić information content (AvgIpc) is 2.03. The summed E-state index contributed by atoms with van der Waals surface area (Å²) in [6.07, 6.45) is 0. The molecule has 0 aromatic heterocycles. The summed E-state index contributed by atoms with van der Waals surface area (Å²) < 4.78 is 24.2. The second kappa shape index (κ2) is 7.23. The summed E-state index contributed by atoms with van der Waals surface area (Å²) in [6, 6.07) is 2.89. The molecule has 0 saturated heterocycles. The van der Waals surface area contributed by atoms with Gasteiger partial charge in [0, 0.05) is 18.3 Å². The van der Waals surface area contributed by atoms with Crippen LogP contribution in [0.25, 0.3) is 0 Å². The normalized spacial score (nSPS) is 9.14. The van der Waals surface area contributed by atoms with Crippen LogP contribution >= 0.6 is 0 Å². The number of aliphatic hydroxyl groups is 1. The molecule has 0 amide bonds. The molecule has 0 aliphatic rings. The van der Waals surface area contributed by atoms with Crippen molar-refractivity contribution in [2.45, 2.75) is 0 Å². The van der Waals surface area contributed by atoms with Gasteiger partial charge in [-0.25, -0.2) is 8.78 Å². The van der Waals surface area contributed by atoms with Crippen molar-refractivity contribution in [3.63, 3.8) is 0 Å². The zero-order chi connectivity index (χ0) is 11.0. The summed E-state index contributed by atoms with van der Waals surface area (Å²) in [7, 11) is 1.80. The van der Waals surface area contributed by atoms with Crippen molar-refractivity contribution in [2.24, 2.45) is 0 Å². The maximum absolute atomic E-state index is 12.1. The molecule has 1 aromatic carbocycles. The predicted octanol–water partition coefficient (Wildman–Crippen LogP) is 0.745. The molecule has 0 spiro atoms. The maximum atomic E-state index is 12.1. The summed E-state index contributed by atoms with van der Waals surface area (Å²) in [5, 5.41) is 10.8. The average molecular weight is 204 g/mol. The number of anilines is 1. The maximum Gasteiger partial charge on any atom is 0.128 e. The van der Waals surface area contributed by atoms with Crippen molar-refractivity contribution >= 4 is 5.69 Å². The monoisotopic (exact) mass is 204 g/mol. The van der Waals surface area contributed by atoms with E-state index >= 15 is 0 Å². The largest absolute Gasteiger partial charge is 0.399 e. The van der Waals surface area contributed by atoms with Crippen LogP contribution in [0, 0.1) is 11.6 Å². The molecule has 0 aliphatic heterocycles. The molecule has 0 radical (unpaired) electrons. The van der Waals surface area contributed by atoms with Gasteiger partial charge in [0.05, 0.1) is 6.61 Å². The van der Waals surface area contributed by atoms with E-state index in [0.29, 0.717) is 6.54 Å². The fourth-order valence-corrected chi connectivity index (χ4v) is 0.687. The van der Waals surface area contributed by atoms with Crippen molar-refractivity contribution < 1.29 is 13.9 Å². The molecule has 1 rings (SSSR count). The van der Waals surface area contributed by atoms with Crippen LogP contribution < -0.4 is 11.1 Å². The number of nitrogens with one attached hydrogen (secondary N) is 1. The first kappa shape index (κ1) is 12.8. The number of hydrogen-bond donors (Lipinski definition) is 3. The molecule has 1 aromatic rings. The lowest BCUT2D eigenvalue weighted by atomic mass is 10.3. The van der Waals surface area contributed by atoms with E-state index < -0.39 is 11.6 Å². The topological polar surface area (TPSA) is 58.3 Å². The van der Waals surface area contributed by atoms with Gasteiger partial charge < -0.3 is 16.2 Å². The Kier molecular flexibility index (Phi) is 6.61. The third-order valence-electron chi connectivity index (χ3n) is 1.25. The zero-order valence-corrected chi connectivity index (χ0v) is 7.93. The standard InChI is InChI=1S/C6H5F2N.C3H9NO/c7-4-1-5(8)3-6(9)2-4;1-4-2-3-5/h1-3H,9H2;4-5H,2-3H2,1H3. The lowest BCUT2D eigenvalue weighted by Crippen LogP contribution is -2.10. The quantitative estimate of drug-likeness (QED) is 0.623. The van der Waals surface area contributed by atoms with E-state index in [1.165, 1.54) is 0 Å². The van der Waals surface area contributed by atoms with Crippen molar-refractivity contribution in [3.8, 4) is 0 Å². The van der Waals surface area contributed by atoms with Gasteiger partial charge in [0.1, 0.15) is 11.6 Å². The van der Waals surface area contributed by atoms with Crippen LogP contribution in [0.4, 0.5) is 14.5 Å². The summed E-state index contributed by atoms with van der Waals surface area (Å²) in [4.78, 5) is 0. The third kappa shape index (κ3) is 6.33. The first-order valence-corrected chi connectivity index (χ1v) is 4.07. The second-order valence-corrected chi connectivity index (χ2v) is 2.53. The Bertz CT molecular complexity index is 217. The highest BCUT2D eigenvalue weighted by atomic mass is 19.1. The summed E-state index contributed by atoms with van der Waals surface area (Å²) in [5.41, 5.74) is 5.18. The lowest BCUT2D eigenvalue weighted by molar-refractivity contribution is 0.296. The Labute approximate surface area is 81.5 Å². The minimum Gasteiger partial charge on any atom is -0.399 e. The number of benzene rings is 1. The van der Waals surface area contributed by atoms with E-state index in [4.69, 9.17) is 10.8 Å². The highest BCUT2D eigenvalue weighted by Crippen LogP contribution is 2.07. The van der Waals surface area contributed by atoms with E-state index in [0.717, 1.165) is 18.2 Å². The number of nitrogen functional groups attached to an aromatic ring is 1. The molecule has 0 bridgehead atoms. The molecule has 0 aliphatic carbocycles. The molecule has 5 heteroatoms. The fourth-order valence-electron chi connectivity index (χ4n) is 0.687. The molecule has 0 atom stereocenters. The summed E-state index contributed by atoms with van der Waals surface area (Å²) in [5.74, 6) is -1.29. The van der Waals surface area contributed by atoms with E-state index in [1.54, 1.807) is 7.05 Å². The van der Waals surface area contributed by atoms with E-state index in [1.807, 2.05) is 0 Å². The van der Waals surface area contributed by atoms with Crippen LogP contribution in [0.3, 0.4) is 0 Å². The van der Waals surface area contributed by atoms with Gasteiger partial charge in [-0.1, -0.05) is 0 Å². The molecule has 0 saturated carbocycles. The van der Waals surface area contributed by atoms with Crippen LogP contribution in [0.2, 0.25) is 0 Å². The van der Waals surface area contributed by atoms with Gasteiger partial charge in [-0.3, -0.25) is 0 Å². The van der Waals surface area contributed by atoms with Crippen molar-refractivity contribution in [1.82, 2.24) is 5.32 Å². The number of nitrogens with two attached hydrogens (primary N) is 1. The van der Waals surface area contributed by atoms with Gasteiger partial charge in [0.15, 0.2) is 0 Å². The molecule has 14 heavy (non-hydrogen) atoms. The number of hydrogen-bond acceptors (Lipinski definition) is 3. The van der Waals surface area contributed by atoms with Gasteiger partial charge in [-0.15, -0.1) is 0 Å². The Balaban J connectivity index is 0.000000292. The summed E-state index contributed by atoms with van der Waals surface area (Å²) in [6.45, 7) is 0.927. The molecule has 80 valence electrons. The first-order valence-electron chi connectivity index (χ1n) is 4.07. The highest BCUT2D eigenvalue weighted by Gasteiger charge is 1.94. The van der Waals surface area contributed by atoms with Crippen molar-refractivity contribution in [3.05, 3.63) is 29.8 Å². The van der Waals surface area contributed by atoms with Gasteiger partial charge >= 0.3 is 0 Å². The Morgan fingerprint density at radius 1 is 1.29 bits per heavy atom. The van der Waals surface area contributed by atoms with Crippen molar-refractivity contribution in [1.29, 1.82) is 0 Å². The van der Waals surface area contributed by atoms with Gasteiger partial charge in [-0.2, -0.15) is 0 Å². The smallest absolute Gasteiger partial charge is 0.128 e. The first-order chi connectivity index (χ1) is 6.60.